The SMILES string of the molecule is COc1ccc([C@H](Nc2ccccc2)[P@](=O)(O[C@@H]2C[C@@H](C)CC[C@@H]2C(C)C)c2ccc(N(C)C)cc2)cc1OC. The lowest BCUT2D eigenvalue weighted by molar-refractivity contribution is 0.0488. The van der Waals surface area contributed by atoms with Gasteiger partial charge < -0.3 is 24.2 Å². The molecule has 1 fully saturated rings. The Hall–Kier alpha value is -2.95. The third-order valence-corrected chi connectivity index (χ3v) is 10.8. The maximum absolute atomic E-state index is 15.7. The highest BCUT2D eigenvalue weighted by atomic mass is 31.2. The summed E-state index contributed by atoms with van der Waals surface area (Å²) in [7, 11) is 3.68. The molecule has 7 heteroatoms. The maximum Gasteiger partial charge on any atom is 0.258 e. The number of ether oxygens (including phenoxy) is 2. The van der Waals surface area contributed by atoms with E-state index in [2.05, 4.69) is 26.1 Å². The molecule has 3 aromatic rings. The van der Waals surface area contributed by atoms with Crippen molar-refractivity contribution in [2.45, 2.75) is 51.9 Å². The van der Waals surface area contributed by atoms with Gasteiger partial charge in [0.15, 0.2) is 11.5 Å². The number of anilines is 2. The first kappa shape index (κ1) is 30.0. The summed E-state index contributed by atoms with van der Waals surface area (Å²) in [5.41, 5.74) is 2.72. The first-order valence-electron chi connectivity index (χ1n) is 14.3. The van der Waals surface area contributed by atoms with Crippen molar-refractivity contribution >= 4 is 24.0 Å². The second-order valence-electron chi connectivity index (χ2n) is 11.5. The van der Waals surface area contributed by atoms with E-state index < -0.39 is 13.2 Å². The summed E-state index contributed by atoms with van der Waals surface area (Å²) in [5, 5.41) is 4.31. The zero-order valence-electron chi connectivity index (χ0n) is 25.0. The summed E-state index contributed by atoms with van der Waals surface area (Å²) in [4.78, 5) is 2.04. The van der Waals surface area contributed by atoms with Crippen LogP contribution in [0.15, 0.2) is 72.8 Å². The minimum absolute atomic E-state index is 0.108. The molecule has 40 heavy (non-hydrogen) atoms. The lowest BCUT2D eigenvalue weighted by Crippen LogP contribution is -2.35. The molecule has 0 amide bonds. The van der Waals surface area contributed by atoms with Crippen LogP contribution in [-0.4, -0.2) is 34.4 Å². The van der Waals surface area contributed by atoms with E-state index in [1.807, 2.05) is 91.8 Å². The summed E-state index contributed by atoms with van der Waals surface area (Å²) in [6.07, 6.45) is 3.04. The molecular formula is C33H45N2O4P. The molecule has 1 aliphatic rings. The molecule has 1 aliphatic carbocycles. The Bertz CT molecular complexity index is 1280. The summed E-state index contributed by atoms with van der Waals surface area (Å²) in [6.45, 7) is 6.78. The Kier molecular flexibility index (Phi) is 9.86. The number of rotatable bonds is 11. The van der Waals surface area contributed by atoms with E-state index in [9.17, 15) is 0 Å². The Morgan fingerprint density at radius 2 is 1.57 bits per heavy atom. The molecule has 0 spiro atoms. The van der Waals surface area contributed by atoms with E-state index in [0.717, 1.165) is 29.8 Å². The number of hydrogen-bond donors (Lipinski definition) is 1. The number of nitrogens with one attached hydrogen (secondary N) is 1. The minimum atomic E-state index is -3.57. The number of benzene rings is 3. The number of nitrogens with zero attached hydrogens (tertiary/aromatic N) is 1. The van der Waals surface area contributed by atoms with E-state index in [1.54, 1.807) is 14.2 Å². The molecule has 0 bridgehead atoms. The zero-order chi connectivity index (χ0) is 28.9. The van der Waals surface area contributed by atoms with Crippen molar-refractivity contribution in [1.29, 1.82) is 0 Å². The van der Waals surface area contributed by atoms with Gasteiger partial charge in [0.25, 0.3) is 7.37 Å². The first-order valence-corrected chi connectivity index (χ1v) is 15.9. The molecule has 6 nitrogen and oxygen atoms in total. The standard InChI is InChI=1S/C33H45N2O4P/c1-23(2)29-19-13-24(3)21-31(29)39-40(36,28-17-15-27(16-18-28)35(4)5)33(34-26-11-9-8-10-12-26)25-14-20-30(37-6)32(22-25)38-7/h8-12,14-18,20,22-24,29,31,33-34H,13,19,21H2,1-7H3/t24-,29+,31+,33+,40+/m0/s1. The van der Waals surface area contributed by atoms with Crippen LogP contribution in [0.1, 0.15) is 51.4 Å². The second-order valence-corrected chi connectivity index (χ2v) is 13.9. The Labute approximate surface area is 240 Å². The van der Waals surface area contributed by atoms with Crippen LogP contribution in [0.2, 0.25) is 0 Å². The van der Waals surface area contributed by atoms with E-state index in [-0.39, 0.29) is 6.10 Å². The molecule has 5 atom stereocenters. The molecule has 0 aliphatic heterocycles. The van der Waals surface area contributed by atoms with Crippen molar-refractivity contribution in [2.24, 2.45) is 17.8 Å². The molecule has 3 aromatic carbocycles. The van der Waals surface area contributed by atoms with Gasteiger partial charge in [-0.2, -0.15) is 0 Å². The molecule has 1 N–H and O–H groups in total. The van der Waals surface area contributed by atoms with Gasteiger partial charge in [0.05, 0.1) is 20.3 Å². The predicted molar refractivity (Wildman–Crippen MR) is 167 cm³/mol. The van der Waals surface area contributed by atoms with Crippen LogP contribution >= 0.6 is 7.37 Å². The van der Waals surface area contributed by atoms with Crippen molar-refractivity contribution in [1.82, 2.24) is 0 Å². The molecule has 0 unspecified atom stereocenters. The lowest BCUT2D eigenvalue weighted by atomic mass is 9.75. The fourth-order valence-corrected chi connectivity index (χ4v) is 8.37. The molecule has 216 valence electrons. The maximum atomic E-state index is 15.7. The zero-order valence-corrected chi connectivity index (χ0v) is 25.9. The van der Waals surface area contributed by atoms with Gasteiger partial charge in [-0.1, -0.05) is 51.5 Å². The van der Waals surface area contributed by atoms with Crippen molar-refractivity contribution in [3.63, 3.8) is 0 Å². The van der Waals surface area contributed by atoms with Gasteiger partial charge in [-0.3, -0.25) is 4.57 Å². The normalized spacial score (nSPS) is 21.4. The fourth-order valence-electron chi connectivity index (χ4n) is 5.75. The summed E-state index contributed by atoms with van der Waals surface area (Å²) >= 11 is 0. The van der Waals surface area contributed by atoms with Gasteiger partial charge in [-0.05, 0) is 84.7 Å². The van der Waals surface area contributed by atoms with Gasteiger partial charge >= 0.3 is 0 Å². The third-order valence-electron chi connectivity index (χ3n) is 8.12. The quantitative estimate of drug-likeness (QED) is 0.239. The van der Waals surface area contributed by atoms with Gasteiger partial charge in [-0.25, -0.2) is 0 Å². The molecule has 0 heterocycles. The molecule has 0 radical (unpaired) electrons. The van der Waals surface area contributed by atoms with Crippen molar-refractivity contribution in [2.75, 3.05) is 38.5 Å². The lowest BCUT2D eigenvalue weighted by Gasteiger charge is -2.41. The summed E-state index contributed by atoms with van der Waals surface area (Å²) < 4.78 is 33.9. The van der Waals surface area contributed by atoms with Crippen LogP contribution in [0.3, 0.4) is 0 Å². The molecule has 0 saturated heterocycles. The van der Waals surface area contributed by atoms with Gasteiger partial charge in [0, 0.05) is 30.8 Å². The summed E-state index contributed by atoms with van der Waals surface area (Å²) in [5.74, 6) is 1.85. The number of methoxy groups -OCH3 is 2. The second kappa shape index (κ2) is 13.1. The fraction of sp³-hybridized carbons (Fsp3) is 0.455. The first-order chi connectivity index (χ1) is 19.2. The topological polar surface area (TPSA) is 60.0 Å². The third kappa shape index (κ3) is 6.67. The highest BCUT2D eigenvalue weighted by molar-refractivity contribution is 7.67. The van der Waals surface area contributed by atoms with E-state index in [0.29, 0.717) is 34.6 Å². The van der Waals surface area contributed by atoms with E-state index >= 15 is 4.57 Å². The Balaban J connectivity index is 1.89. The van der Waals surface area contributed by atoms with Gasteiger partial charge in [0.2, 0.25) is 0 Å². The van der Waals surface area contributed by atoms with Crippen molar-refractivity contribution in [3.05, 3.63) is 78.4 Å². The summed E-state index contributed by atoms with van der Waals surface area (Å²) in [6, 6.07) is 23.6. The van der Waals surface area contributed by atoms with Crippen LogP contribution in [0.5, 0.6) is 11.5 Å². The van der Waals surface area contributed by atoms with Crippen LogP contribution < -0.4 is 25.0 Å². The molecule has 0 aromatic heterocycles. The molecular weight excluding hydrogens is 519 g/mol. The Morgan fingerprint density at radius 1 is 0.900 bits per heavy atom. The predicted octanol–water partition coefficient (Wildman–Crippen LogP) is 7.96. The van der Waals surface area contributed by atoms with Crippen LogP contribution in [0, 0.1) is 17.8 Å². The smallest absolute Gasteiger partial charge is 0.258 e. The van der Waals surface area contributed by atoms with Crippen LogP contribution in [0.4, 0.5) is 11.4 Å². The monoisotopic (exact) mass is 564 g/mol. The highest BCUT2D eigenvalue weighted by Gasteiger charge is 2.43. The highest BCUT2D eigenvalue weighted by Crippen LogP contribution is 2.62. The van der Waals surface area contributed by atoms with Crippen LogP contribution in [-0.2, 0) is 9.09 Å². The van der Waals surface area contributed by atoms with Gasteiger partial charge in [-0.15, -0.1) is 0 Å². The van der Waals surface area contributed by atoms with E-state index in [1.165, 1.54) is 6.42 Å². The van der Waals surface area contributed by atoms with E-state index in [4.69, 9.17) is 14.0 Å². The largest absolute Gasteiger partial charge is 0.493 e. The van der Waals surface area contributed by atoms with Crippen molar-refractivity contribution in [3.8, 4) is 11.5 Å². The average Bonchev–Trinajstić information content (AvgIpc) is 2.96. The minimum Gasteiger partial charge on any atom is -0.493 e. The number of para-hydroxylation sites is 1. The Morgan fingerprint density at radius 3 is 2.17 bits per heavy atom. The molecule has 1 saturated carbocycles. The number of hydrogen-bond acceptors (Lipinski definition) is 6. The van der Waals surface area contributed by atoms with Gasteiger partial charge in [0.1, 0.15) is 5.78 Å². The average molecular weight is 565 g/mol. The molecule has 4 rings (SSSR count). The van der Waals surface area contributed by atoms with Crippen molar-refractivity contribution < 1.29 is 18.6 Å². The van der Waals surface area contributed by atoms with Crippen LogP contribution in [0.25, 0.3) is 0 Å².